The largest absolute Gasteiger partial charge is 0.545 e. The molecule has 3 nitrogen and oxygen atoms in total. The first-order valence-corrected chi connectivity index (χ1v) is 4.14. The zero-order valence-electron chi connectivity index (χ0n) is 6.21. The quantitative estimate of drug-likeness (QED) is 0.791. The molecule has 0 aliphatic heterocycles. The van der Waals surface area contributed by atoms with E-state index in [2.05, 4.69) is 15.9 Å². The molecule has 1 rings (SSSR count). The normalized spacial score (nSPS) is 9.83. The molecule has 0 atom stereocenters. The standard InChI is InChI=1S/C8H8BrNO2/c9-7-2-1-5(8(11)12)3-6(7)4-10/h1-3H,4,10H2,(H,11,12)/p-1. The van der Waals surface area contributed by atoms with Gasteiger partial charge >= 0.3 is 0 Å². The molecule has 0 spiro atoms. The minimum Gasteiger partial charge on any atom is -0.545 e. The van der Waals surface area contributed by atoms with Crippen molar-refractivity contribution in [1.29, 1.82) is 0 Å². The van der Waals surface area contributed by atoms with Crippen molar-refractivity contribution in [3.63, 3.8) is 0 Å². The fraction of sp³-hybridized carbons (Fsp3) is 0.125. The summed E-state index contributed by atoms with van der Waals surface area (Å²) in [7, 11) is 0. The van der Waals surface area contributed by atoms with Crippen LogP contribution in [0, 0.1) is 0 Å². The zero-order valence-corrected chi connectivity index (χ0v) is 7.80. The Balaban J connectivity index is 3.13. The third-order valence-corrected chi connectivity index (χ3v) is 2.27. The summed E-state index contributed by atoms with van der Waals surface area (Å²) in [5, 5.41) is 10.4. The van der Waals surface area contributed by atoms with Gasteiger partial charge in [-0.15, -0.1) is 0 Å². The van der Waals surface area contributed by atoms with Gasteiger partial charge in [-0.05, 0) is 23.3 Å². The van der Waals surface area contributed by atoms with Crippen LogP contribution in [0.25, 0.3) is 0 Å². The monoisotopic (exact) mass is 228 g/mol. The lowest BCUT2D eigenvalue weighted by Gasteiger charge is -2.05. The second-order valence-corrected chi connectivity index (χ2v) is 3.15. The van der Waals surface area contributed by atoms with Crippen LogP contribution in [-0.2, 0) is 6.54 Å². The highest BCUT2D eigenvalue weighted by Gasteiger charge is 1.99. The summed E-state index contributed by atoms with van der Waals surface area (Å²) < 4.78 is 0.815. The van der Waals surface area contributed by atoms with Crippen LogP contribution >= 0.6 is 15.9 Å². The average Bonchev–Trinajstić information content (AvgIpc) is 2.05. The van der Waals surface area contributed by atoms with Crippen LogP contribution in [0.4, 0.5) is 0 Å². The van der Waals surface area contributed by atoms with Gasteiger partial charge in [0.15, 0.2) is 0 Å². The fourth-order valence-electron chi connectivity index (χ4n) is 0.858. The Bertz CT molecular complexity index is 312. The van der Waals surface area contributed by atoms with Crippen LogP contribution in [0.3, 0.4) is 0 Å². The zero-order chi connectivity index (χ0) is 9.14. The van der Waals surface area contributed by atoms with Gasteiger partial charge in [0.2, 0.25) is 0 Å². The second-order valence-electron chi connectivity index (χ2n) is 2.30. The third kappa shape index (κ3) is 1.84. The fourth-order valence-corrected chi connectivity index (χ4v) is 1.27. The topological polar surface area (TPSA) is 66.2 Å². The van der Waals surface area contributed by atoms with Crippen molar-refractivity contribution in [2.45, 2.75) is 6.54 Å². The number of hydrogen-bond acceptors (Lipinski definition) is 3. The van der Waals surface area contributed by atoms with Crippen molar-refractivity contribution in [2.24, 2.45) is 5.73 Å². The number of rotatable bonds is 2. The Kier molecular flexibility index (Phi) is 2.83. The van der Waals surface area contributed by atoms with Crippen LogP contribution in [0.15, 0.2) is 22.7 Å². The molecule has 0 radical (unpaired) electrons. The highest BCUT2D eigenvalue weighted by Crippen LogP contribution is 2.17. The van der Waals surface area contributed by atoms with Crippen molar-refractivity contribution >= 4 is 21.9 Å². The lowest BCUT2D eigenvalue weighted by atomic mass is 10.1. The van der Waals surface area contributed by atoms with Gasteiger partial charge < -0.3 is 15.6 Å². The van der Waals surface area contributed by atoms with E-state index < -0.39 is 5.97 Å². The Hall–Kier alpha value is -0.870. The van der Waals surface area contributed by atoms with Crippen LogP contribution in [0.5, 0.6) is 0 Å². The van der Waals surface area contributed by atoms with E-state index in [0.29, 0.717) is 6.54 Å². The number of carboxylic acid groups (broad SMARTS) is 1. The van der Waals surface area contributed by atoms with E-state index in [4.69, 9.17) is 5.73 Å². The summed E-state index contributed by atoms with van der Waals surface area (Å²) in [6.45, 7) is 0.307. The van der Waals surface area contributed by atoms with Gasteiger partial charge in [0.1, 0.15) is 0 Å². The number of benzene rings is 1. The SMILES string of the molecule is NCc1cc(C(=O)[O-])ccc1Br. The minimum absolute atomic E-state index is 0.152. The van der Waals surface area contributed by atoms with Gasteiger partial charge in [-0.2, -0.15) is 0 Å². The van der Waals surface area contributed by atoms with Gasteiger partial charge in [0, 0.05) is 11.0 Å². The molecule has 0 saturated heterocycles. The lowest BCUT2D eigenvalue weighted by molar-refractivity contribution is -0.255. The van der Waals surface area contributed by atoms with Crippen LogP contribution in [0.2, 0.25) is 0 Å². The molecular formula is C8H7BrNO2-. The van der Waals surface area contributed by atoms with Crippen LogP contribution in [0.1, 0.15) is 15.9 Å². The number of carbonyl (C=O) groups is 1. The van der Waals surface area contributed by atoms with E-state index in [0.717, 1.165) is 10.0 Å². The molecule has 0 aromatic heterocycles. The van der Waals surface area contributed by atoms with E-state index in [1.807, 2.05) is 0 Å². The van der Waals surface area contributed by atoms with Gasteiger partial charge in [-0.1, -0.05) is 22.0 Å². The smallest absolute Gasteiger partial charge is 0.0715 e. The predicted octanol–water partition coefficient (Wildman–Crippen LogP) is 0.271. The Labute approximate surface area is 78.3 Å². The maximum Gasteiger partial charge on any atom is 0.0715 e. The Morgan fingerprint density at radius 2 is 2.25 bits per heavy atom. The number of carboxylic acids is 1. The maximum atomic E-state index is 10.4. The molecule has 0 aliphatic rings. The van der Waals surface area contributed by atoms with Crippen molar-refractivity contribution in [1.82, 2.24) is 0 Å². The molecule has 0 bridgehead atoms. The van der Waals surface area contributed by atoms with Gasteiger partial charge in [0.25, 0.3) is 0 Å². The molecule has 0 aliphatic carbocycles. The molecule has 0 fully saturated rings. The van der Waals surface area contributed by atoms with Crippen LogP contribution in [-0.4, -0.2) is 5.97 Å². The highest BCUT2D eigenvalue weighted by atomic mass is 79.9. The first-order chi connectivity index (χ1) is 5.65. The summed E-state index contributed by atoms with van der Waals surface area (Å²) in [5.41, 5.74) is 6.29. The van der Waals surface area contributed by atoms with E-state index in [1.54, 1.807) is 6.07 Å². The molecule has 12 heavy (non-hydrogen) atoms. The van der Waals surface area contributed by atoms with Crippen molar-refractivity contribution in [3.8, 4) is 0 Å². The van der Waals surface area contributed by atoms with Gasteiger partial charge in [-0.25, -0.2) is 0 Å². The van der Waals surface area contributed by atoms with Gasteiger partial charge in [0.05, 0.1) is 5.97 Å². The second kappa shape index (κ2) is 3.69. The number of hydrogen-bond donors (Lipinski definition) is 1. The third-order valence-electron chi connectivity index (χ3n) is 1.50. The van der Waals surface area contributed by atoms with Crippen molar-refractivity contribution < 1.29 is 9.90 Å². The van der Waals surface area contributed by atoms with Gasteiger partial charge in [-0.3, -0.25) is 0 Å². The first kappa shape index (κ1) is 9.22. The number of carbonyl (C=O) groups excluding carboxylic acids is 1. The Morgan fingerprint density at radius 1 is 1.58 bits per heavy atom. The molecule has 64 valence electrons. The molecule has 0 heterocycles. The average molecular weight is 229 g/mol. The molecule has 0 unspecified atom stereocenters. The van der Waals surface area contributed by atoms with Crippen LogP contribution < -0.4 is 10.8 Å². The molecule has 1 aromatic rings. The van der Waals surface area contributed by atoms with E-state index in [9.17, 15) is 9.90 Å². The molecule has 0 saturated carbocycles. The number of nitrogens with two attached hydrogens (primary N) is 1. The summed E-state index contributed by atoms with van der Waals surface area (Å²) in [6, 6.07) is 4.62. The van der Waals surface area contributed by atoms with E-state index in [1.165, 1.54) is 12.1 Å². The Morgan fingerprint density at radius 3 is 2.75 bits per heavy atom. The van der Waals surface area contributed by atoms with Crippen molar-refractivity contribution in [3.05, 3.63) is 33.8 Å². The summed E-state index contributed by atoms with van der Waals surface area (Å²) in [5.74, 6) is -1.18. The molecule has 1 aromatic carbocycles. The summed E-state index contributed by atoms with van der Waals surface area (Å²) >= 11 is 3.25. The molecule has 2 N–H and O–H groups in total. The maximum absolute atomic E-state index is 10.4. The number of halogens is 1. The molecule has 4 heteroatoms. The minimum atomic E-state index is -1.18. The predicted molar refractivity (Wildman–Crippen MR) is 46.4 cm³/mol. The summed E-state index contributed by atoms with van der Waals surface area (Å²) in [6.07, 6.45) is 0. The number of aromatic carboxylic acids is 1. The molecular weight excluding hydrogens is 222 g/mol. The lowest BCUT2D eigenvalue weighted by Crippen LogP contribution is -2.22. The van der Waals surface area contributed by atoms with E-state index >= 15 is 0 Å². The molecule has 0 amide bonds. The highest BCUT2D eigenvalue weighted by molar-refractivity contribution is 9.10. The summed E-state index contributed by atoms with van der Waals surface area (Å²) in [4.78, 5) is 10.4. The van der Waals surface area contributed by atoms with E-state index in [-0.39, 0.29) is 5.56 Å². The first-order valence-electron chi connectivity index (χ1n) is 3.35. The van der Waals surface area contributed by atoms with Crippen molar-refractivity contribution in [2.75, 3.05) is 0 Å².